The van der Waals surface area contributed by atoms with E-state index in [0.717, 1.165) is 11.8 Å². The predicted molar refractivity (Wildman–Crippen MR) is 86.9 cm³/mol. The van der Waals surface area contributed by atoms with Crippen molar-refractivity contribution >= 4 is 34.5 Å². The number of hydrogen-bond donors (Lipinski definition) is 3. The molecule has 0 spiro atoms. The molecular formula is C14H13N5O3S. The van der Waals surface area contributed by atoms with Crippen molar-refractivity contribution in [2.45, 2.75) is 5.16 Å². The van der Waals surface area contributed by atoms with E-state index in [0.29, 0.717) is 27.8 Å². The maximum Gasteiger partial charge on any atom is 0.277 e. The van der Waals surface area contributed by atoms with Crippen LogP contribution in [0.5, 0.6) is 5.75 Å². The molecule has 23 heavy (non-hydrogen) atoms. The van der Waals surface area contributed by atoms with Crippen molar-refractivity contribution in [1.82, 2.24) is 19.9 Å². The van der Waals surface area contributed by atoms with E-state index in [1.165, 1.54) is 6.33 Å². The van der Waals surface area contributed by atoms with Crippen LogP contribution < -0.4 is 15.6 Å². The minimum atomic E-state index is -0.314. The van der Waals surface area contributed by atoms with Crippen molar-refractivity contribution in [2.24, 2.45) is 0 Å². The van der Waals surface area contributed by atoms with Crippen molar-refractivity contribution in [3.05, 3.63) is 40.9 Å². The highest BCUT2D eigenvalue weighted by Crippen LogP contribution is 2.17. The number of hydrogen-bond acceptors (Lipinski definition) is 6. The third-order valence-corrected chi connectivity index (χ3v) is 3.86. The molecule has 0 bridgehead atoms. The number of carbonyl (C=O) groups excluding carboxylic acids is 1. The minimum absolute atomic E-state index is 0.116. The number of nitrogens with zero attached hydrogens (tertiary/aromatic N) is 2. The first-order valence-electron chi connectivity index (χ1n) is 6.66. The number of H-pyrrole nitrogens is 2. The first kappa shape index (κ1) is 15.1. The van der Waals surface area contributed by atoms with E-state index in [1.54, 1.807) is 31.4 Å². The number of ether oxygens (including phenoxy) is 1. The molecule has 0 aliphatic carbocycles. The summed E-state index contributed by atoms with van der Waals surface area (Å²) < 4.78 is 5.05. The van der Waals surface area contributed by atoms with Gasteiger partial charge in [-0.15, -0.1) is 0 Å². The molecule has 1 aromatic carbocycles. The fraction of sp³-hybridized carbons (Fsp3) is 0.143. The Labute approximate surface area is 134 Å². The van der Waals surface area contributed by atoms with Gasteiger partial charge >= 0.3 is 0 Å². The molecule has 0 fully saturated rings. The molecule has 118 valence electrons. The number of amides is 1. The minimum Gasteiger partial charge on any atom is -0.497 e. The Bertz CT molecular complexity index is 887. The average molecular weight is 331 g/mol. The molecule has 0 saturated carbocycles. The summed E-state index contributed by atoms with van der Waals surface area (Å²) in [7, 11) is 1.58. The van der Waals surface area contributed by atoms with E-state index < -0.39 is 0 Å². The number of nitrogens with one attached hydrogen (secondary N) is 3. The quantitative estimate of drug-likeness (QED) is 0.481. The summed E-state index contributed by atoms with van der Waals surface area (Å²) in [5, 5.41) is 3.10. The number of methoxy groups -OCH3 is 1. The monoisotopic (exact) mass is 331 g/mol. The van der Waals surface area contributed by atoms with E-state index in [1.807, 2.05) is 0 Å². The van der Waals surface area contributed by atoms with Crippen LogP contribution in [0.4, 0.5) is 5.69 Å². The van der Waals surface area contributed by atoms with Gasteiger partial charge in [-0.25, -0.2) is 9.97 Å². The van der Waals surface area contributed by atoms with Crippen molar-refractivity contribution in [3.8, 4) is 5.75 Å². The summed E-state index contributed by atoms with van der Waals surface area (Å²) in [4.78, 5) is 37.1. The number of carbonyl (C=O) groups is 1. The summed E-state index contributed by atoms with van der Waals surface area (Å²) in [5.41, 5.74) is 0.995. The second-order valence-corrected chi connectivity index (χ2v) is 5.50. The lowest BCUT2D eigenvalue weighted by atomic mass is 10.3. The highest BCUT2D eigenvalue weighted by Gasteiger charge is 2.09. The Morgan fingerprint density at radius 3 is 2.87 bits per heavy atom. The van der Waals surface area contributed by atoms with Crippen molar-refractivity contribution in [1.29, 1.82) is 0 Å². The summed E-state index contributed by atoms with van der Waals surface area (Å²) >= 11 is 1.13. The highest BCUT2D eigenvalue weighted by atomic mass is 32.2. The van der Waals surface area contributed by atoms with Crippen LogP contribution in [0.1, 0.15) is 0 Å². The first-order valence-corrected chi connectivity index (χ1v) is 7.64. The number of fused-ring (bicyclic) bond motifs is 1. The second kappa shape index (κ2) is 6.53. The molecule has 0 atom stereocenters. The zero-order chi connectivity index (χ0) is 16.2. The lowest BCUT2D eigenvalue weighted by molar-refractivity contribution is -0.113. The van der Waals surface area contributed by atoms with Crippen molar-refractivity contribution in [2.75, 3.05) is 18.2 Å². The Morgan fingerprint density at radius 1 is 1.35 bits per heavy atom. The fourth-order valence-corrected chi connectivity index (χ4v) is 2.55. The maximum atomic E-state index is 11.9. The molecule has 0 radical (unpaired) electrons. The molecule has 2 aromatic heterocycles. The van der Waals surface area contributed by atoms with Gasteiger partial charge in [-0.3, -0.25) is 14.6 Å². The first-order chi connectivity index (χ1) is 11.2. The van der Waals surface area contributed by atoms with Gasteiger partial charge in [0.15, 0.2) is 16.3 Å². The van der Waals surface area contributed by atoms with E-state index in [-0.39, 0.29) is 17.2 Å². The molecule has 9 heteroatoms. The Morgan fingerprint density at radius 2 is 2.13 bits per heavy atom. The highest BCUT2D eigenvalue weighted by molar-refractivity contribution is 7.99. The zero-order valence-corrected chi connectivity index (χ0v) is 12.9. The lowest BCUT2D eigenvalue weighted by Gasteiger charge is -2.06. The molecule has 1 amide bonds. The molecule has 3 aromatic rings. The van der Waals surface area contributed by atoms with E-state index in [9.17, 15) is 9.59 Å². The van der Waals surface area contributed by atoms with Crippen LogP contribution in [0.25, 0.3) is 11.2 Å². The summed E-state index contributed by atoms with van der Waals surface area (Å²) in [6.45, 7) is 0. The van der Waals surface area contributed by atoms with Gasteiger partial charge in [0, 0.05) is 5.69 Å². The molecule has 0 aliphatic rings. The number of rotatable bonds is 5. The Balaban J connectivity index is 1.62. The molecular weight excluding hydrogens is 318 g/mol. The van der Waals surface area contributed by atoms with Crippen molar-refractivity contribution in [3.63, 3.8) is 0 Å². The maximum absolute atomic E-state index is 11.9. The van der Waals surface area contributed by atoms with Gasteiger partial charge in [0.05, 0.1) is 19.2 Å². The summed E-state index contributed by atoms with van der Waals surface area (Å²) in [6.07, 6.45) is 1.40. The largest absolute Gasteiger partial charge is 0.497 e. The van der Waals surface area contributed by atoms with Crippen LogP contribution >= 0.6 is 11.8 Å². The van der Waals surface area contributed by atoms with Gasteiger partial charge in [-0.05, 0) is 24.3 Å². The fourth-order valence-electron chi connectivity index (χ4n) is 1.90. The number of imidazole rings is 1. The van der Waals surface area contributed by atoms with Gasteiger partial charge in [0.25, 0.3) is 5.56 Å². The molecule has 3 N–H and O–H groups in total. The van der Waals surface area contributed by atoms with Crippen molar-refractivity contribution < 1.29 is 9.53 Å². The lowest BCUT2D eigenvalue weighted by Crippen LogP contribution is -2.15. The molecule has 0 aliphatic heterocycles. The predicted octanol–water partition coefficient (Wildman–Crippen LogP) is 1.39. The zero-order valence-electron chi connectivity index (χ0n) is 12.1. The van der Waals surface area contributed by atoms with Gasteiger partial charge in [0.2, 0.25) is 5.91 Å². The van der Waals surface area contributed by atoms with Crippen LogP contribution in [0, 0.1) is 0 Å². The average Bonchev–Trinajstić information content (AvgIpc) is 3.03. The van der Waals surface area contributed by atoms with Crippen LogP contribution in [0.15, 0.2) is 40.5 Å². The second-order valence-electron chi connectivity index (χ2n) is 4.54. The van der Waals surface area contributed by atoms with E-state index >= 15 is 0 Å². The van der Waals surface area contributed by atoms with Gasteiger partial charge in [-0.2, -0.15) is 0 Å². The standard InChI is InChI=1S/C14H13N5O3S/c1-22-9-4-2-8(3-5-9)17-10(20)6-23-14-18-12-11(13(21)19-14)15-7-16-12/h2-5,7H,6H2,1H3,(H,17,20)(H2,15,16,18,19,21). The molecule has 0 saturated heterocycles. The van der Waals surface area contributed by atoms with Crippen LogP contribution in [-0.4, -0.2) is 38.7 Å². The number of anilines is 1. The topological polar surface area (TPSA) is 113 Å². The number of thioether (sulfide) groups is 1. The molecule has 3 rings (SSSR count). The van der Waals surface area contributed by atoms with Crippen LogP contribution in [0.2, 0.25) is 0 Å². The Hall–Kier alpha value is -2.81. The van der Waals surface area contributed by atoms with Crippen LogP contribution in [-0.2, 0) is 4.79 Å². The van der Waals surface area contributed by atoms with Gasteiger partial charge in [-0.1, -0.05) is 11.8 Å². The van der Waals surface area contributed by atoms with Crippen LogP contribution in [0.3, 0.4) is 0 Å². The molecule has 0 unspecified atom stereocenters. The number of aromatic nitrogens is 4. The molecule has 8 nitrogen and oxygen atoms in total. The summed E-state index contributed by atoms with van der Waals surface area (Å²) in [6, 6.07) is 7.01. The normalized spacial score (nSPS) is 10.7. The van der Waals surface area contributed by atoms with Gasteiger partial charge < -0.3 is 15.0 Å². The third kappa shape index (κ3) is 3.51. The van der Waals surface area contributed by atoms with E-state index in [4.69, 9.17) is 4.74 Å². The summed E-state index contributed by atoms with van der Waals surface area (Å²) in [5.74, 6) is 0.627. The van der Waals surface area contributed by atoms with E-state index in [2.05, 4.69) is 25.3 Å². The smallest absolute Gasteiger partial charge is 0.277 e. The van der Waals surface area contributed by atoms with Gasteiger partial charge in [0.1, 0.15) is 5.75 Å². The number of aromatic amines is 2. The number of benzene rings is 1. The third-order valence-electron chi connectivity index (χ3n) is 2.99. The SMILES string of the molecule is COc1ccc(NC(=O)CSc2nc3nc[nH]c3c(=O)[nH]2)cc1. The Kier molecular flexibility index (Phi) is 4.29. The molecule has 2 heterocycles.